The van der Waals surface area contributed by atoms with Crippen LogP contribution >= 0.6 is 16.1 Å². The van der Waals surface area contributed by atoms with Crippen LogP contribution < -0.4 is 11.2 Å². The smallest absolute Gasteiger partial charge is 0.387 e. The molecule has 1 saturated heterocycles. The Morgan fingerprint density at radius 1 is 1.23 bits per heavy atom. The topological polar surface area (TPSA) is 213 Å². The number of rotatable bonds is 8. The van der Waals surface area contributed by atoms with Gasteiger partial charge in [-0.15, -0.1) is 0 Å². The van der Waals surface area contributed by atoms with E-state index in [2.05, 4.69) is 14.0 Å². The quantitative estimate of drug-likeness (QED) is 0.267. The molecule has 0 amide bonds. The van der Waals surface area contributed by atoms with Gasteiger partial charge in [0.15, 0.2) is 12.0 Å². The van der Waals surface area contributed by atoms with Gasteiger partial charge in [-0.2, -0.15) is 0 Å². The predicted octanol–water partition coefficient (Wildman–Crippen LogP) is -0.527. The number of benzene rings is 1. The highest BCUT2D eigenvalue weighted by molar-refractivity contribution is 7.55. The third-order valence-corrected chi connectivity index (χ3v) is 7.16. The van der Waals surface area contributed by atoms with E-state index in [4.69, 9.17) is 14.2 Å². The summed E-state index contributed by atoms with van der Waals surface area (Å²) in [5.41, 5.74) is -1.83. The third-order valence-electron chi connectivity index (χ3n) is 5.14. The largest absolute Gasteiger partial charge is 0.479 e. The first-order valence-electron chi connectivity index (χ1n) is 9.74. The molecule has 1 aliphatic rings. The summed E-state index contributed by atoms with van der Waals surface area (Å²) in [6.07, 6.45) is -5.48. The maximum atomic E-state index is 13.9. The second kappa shape index (κ2) is 9.85. The van der Waals surface area contributed by atoms with Crippen LogP contribution in [0, 0.1) is 5.82 Å². The lowest BCUT2D eigenvalue weighted by molar-refractivity contribution is -0.0546. The van der Waals surface area contributed by atoms with Gasteiger partial charge in [-0.25, -0.2) is 18.1 Å². The van der Waals surface area contributed by atoms with Gasteiger partial charge in [0.05, 0.1) is 13.2 Å². The Bertz CT molecular complexity index is 1440. The Kier molecular flexibility index (Phi) is 7.20. The molecule has 1 aromatic carbocycles. The molecule has 190 valence electrons. The number of para-hydroxylation sites is 1. The fourth-order valence-corrected chi connectivity index (χ4v) is 4.84. The van der Waals surface area contributed by atoms with Crippen molar-refractivity contribution >= 4 is 27.0 Å². The average Bonchev–Trinajstić information content (AvgIpc) is 3.31. The molecule has 35 heavy (non-hydrogen) atoms. The van der Waals surface area contributed by atoms with Crippen molar-refractivity contribution in [2.75, 3.05) is 6.61 Å². The van der Waals surface area contributed by atoms with Crippen molar-refractivity contribution in [3.8, 4) is 0 Å². The van der Waals surface area contributed by atoms with Crippen LogP contribution in [0.5, 0.6) is 0 Å². The normalized spacial score (nSPS) is 25.1. The number of phosphoric acid groups is 1. The van der Waals surface area contributed by atoms with E-state index in [1.54, 1.807) is 0 Å². The molecule has 3 unspecified atom stereocenters. The molecule has 3 heterocycles. The number of nitrogens with zero attached hydrogens (tertiary/aromatic N) is 3. The van der Waals surface area contributed by atoms with Gasteiger partial charge in [0.25, 0.3) is 5.56 Å². The summed E-state index contributed by atoms with van der Waals surface area (Å²) in [6, 6.07) is 5.01. The number of fused-ring (bicyclic) bond motifs is 1. The summed E-state index contributed by atoms with van der Waals surface area (Å²) in [6.45, 7) is -1.28. The maximum Gasteiger partial charge on any atom is 0.479 e. The van der Waals surface area contributed by atoms with Gasteiger partial charge in [0.2, 0.25) is 5.58 Å². The van der Waals surface area contributed by atoms with E-state index < -0.39 is 70.8 Å². The van der Waals surface area contributed by atoms with Crippen molar-refractivity contribution in [3.05, 3.63) is 62.8 Å². The van der Waals surface area contributed by atoms with Crippen LogP contribution in [0.3, 0.4) is 0 Å². The molecule has 2 aromatic heterocycles. The Hall–Kier alpha value is -2.52. The Morgan fingerprint density at radius 3 is 2.69 bits per heavy atom. The molecular weight excluding hydrogens is 519 g/mol. The van der Waals surface area contributed by atoms with E-state index in [1.165, 1.54) is 12.1 Å². The number of aromatic nitrogens is 3. The molecule has 0 aliphatic carbocycles. The average molecular weight is 537 g/mol. The Labute approximate surface area is 194 Å². The summed E-state index contributed by atoms with van der Waals surface area (Å²) in [7, 11) is -8.78. The van der Waals surface area contributed by atoms with Crippen molar-refractivity contribution in [1.29, 1.82) is 0 Å². The molecule has 4 rings (SSSR count). The first-order valence-corrected chi connectivity index (χ1v) is 12.5. The highest BCUT2D eigenvalue weighted by Gasteiger charge is 2.45. The van der Waals surface area contributed by atoms with Crippen molar-refractivity contribution in [2.24, 2.45) is 0 Å². The van der Waals surface area contributed by atoms with Crippen LogP contribution in [0.25, 0.3) is 11.0 Å². The zero-order valence-electron chi connectivity index (χ0n) is 17.3. The SMILES string of the molecule is O=c1ccn([C@@H]2O[C@H](COP(=O)(O)O[PH](=O)O)C(O)[C@@H]2O)c(=O)n1Cc1noc2c(F)cccc12. The monoisotopic (exact) mass is 537 g/mol. The molecule has 4 N–H and O–H groups in total. The number of aliphatic hydroxyl groups excluding tert-OH is 2. The van der Waals surface area contributed by atoms with Gasteiger partial charge in [0.1, 0.15) is 24.0 Å². The van der Waals surface area contributed by atoms with Gasteiger partial charge in [0, 0.05) is 17.6 Å². The summed E-state index contributed by atoms with van der Waals surface area (Å²) in [5, 5.41) is 24.5. The Balaban J connectivity index is 1.59. The van der Waals surface area contributed by atoms with Crippen LogP contribution in [-0.2, 0) is 29.2 Å². The summed E-state index contributed by atoms with van der Waals surface area (Å²) < 4.78 is 56.2. The number of phosphoric ester groups is 1. The molecule has 1 aliphatic heterocycles. The van der Waals surface area contributed by atoms with Crippen LogP contribution in [0.2, 0.25) is 0 Å². The van der Waals surface area contributed by atoms with E-state index in [9.17, 15) is 38.2 Å². The minimum atomic E-state index is -4.97. The van der Waals surface area contributed by atoms with E-state index in [0.717, 1.165) is 22.9 Å². The number of hydrogen-bond donors (Lipinski definition) is 4. The highest BCUT2D eigenvalue weighted by Crippen LogP contribution is 2.51. The van der Waals surface area contributed by atoms with Crippen molar-refractivity contribution in [1.82, 2.24) is 14.3 Å². The molecule has 0 spiro atoms. The second-order valence-electron chi connectivity index (χ2n) is 7.34. The minimum absolute atomic E-state index is 0.0810. The van der Waals surface area contributed by atoms with Crippen LogP contribution in [0.1, 0.15) is 11.9 Å². The molecule has 1 fully saturated rings. The molecule has 0 radical (unpaired) electrons. The molecule has 0 bridgehead atoms. The predicted molar refractivity (Wildman–Crippen MR) is 112 cm³/mol. The van der Waals surface area contributed by atoms with Gasteiger partial charge >= 0.3 is 21.8 Å². The van der Waals surface area contributed by atoms with E-state index in [0.29, 0.717) is 4.57 Å². The minimum Gasteiger partial charge on any atom is -0.387 e. The van der Waals surface area contributed by atoms with E-state index in [-0.39, 0.29) is 16.7 Å². The van der Waals surface area contributed by atoms with Gasteiger partial charge in [-0.3, -0.25) is 23.0 Å². The van der Waals surface area contributed by atoms with Gasteiger partial charge < -0.3 is 29.3 Å². The second-order valence-corrected chi connectivity index (χ2v) is 9.80. The fraction of sp³-hybridized carbons (Fsp3) is 0.353. The molecule has 3 aromatic rings. The first-order chi connectivity index (χ1) is 16.5. The van der Waals surface area contributed by atoms with Crippen LogP contribution in [0.15, 0.2) is 44.6 Å². The van der Waals surface area contributed by atoms with Gasteiger partial charge in [-0.1, -0.05) is 11.2 Å². The maximum absolute atomic E-state index is 13.9. The van der Waals surface area contributed by atoms with Gasteiger partial charge in [-0.05, 0) is 12.1 Å². The van der Waals surface area contributed by atoms with E-state index >= 15 is 0 Å². The first kappa shape index (κ1) is 25.6. The lowest BCUT2D eigenvalue weighted by Crippen LogP contribution is -2.43. The Morgan fingerprint density at radius 2 is 1.97 bits per heavy atom. The molecular formula is C17H18FN3O12P2. The number of hydrogen-bond acceptors (Lipinski definition) is 11. The zero-order valence-corrected chi connectivity index (χ0v) is 19.2. The van der Waals surface area contributed by atoms with Crippen LogP contribution in [0.4, 0.5) is 4.39 Å². The lowest BCUT2D eigenvalue weighted by atomic mass is 10.1. The number of halogens is 1. The molecule has 18 heteroatoms. The standard InChI is InChI=1S/C17H18FN3O12P2/c18-9-3-1-2-8-10(19-32-15(8)9)6-21-12(22)4-5-20(17(21)25)16-14(24)13(23)11(31-16)7-30-35(28,29)33-34(26)27/h1-5,11,13-14,16,23-24,34H,6-7H2,(H,26,27)(H,28,29)/t11-,13?,14+,16-/m1/s1. The molecule has 6 atom stereocenters. The van der Waals surface area contributed by atoms with Crippen LogP contribution in [-0.4, -0.2) is 59.2 Å². The van der Waals surface area contributed by atoms with Crippen molar-refractivity contribution < 1.29 is 51.6 Å². The molecule has 15 nitrogen and oxygen atoms in total. The van der Waals surface area contributed by atoms with E-state index in [1.807, 2.05) is 0 Å². The third kappa shape index (κ3) is 5.21. The summed E-state index contributed by atoms with van der Waals surface area (Å²) >= 11 is 0. The summed E-state index contributed by atoms with van der Waals surface area (Å²) in [5.74, 6) is -0.687. The highest BCUT2D eigenvalue weighted by atomic mass is 31.2. The zero-order chi connectivity index (χ0) is 25.5. The fourth-order valence-electron chi connectivity index (χ4n) is 3.50. The van der Waals surface area contributed by atoms with Crippen molar-refractivity contribution in [2.45, 2.75) is 31.1 Å². The molecule has 0 saturated carbocycles. The summed E-state index contributed by atoms with van der Waals surface area (Å²) in [4.78, 5) is 43.4. The number of aliphatic hydroxyl groups is 2. The lowest BCUT2D eigenvalue weighted by Gasteiger charge is -2.18. The van der Waals surface area contributed by atoms with Crippen molar-refractivity contribution in [3.63, 3.8) is 0 Å². The number of ether oxygens (including phenoxy) is 1.